The molecule has 0 fully saturated rings. The minimum Gasteiger partial charge on any atom is -0.358 e. The largest absolute Gasteiger partial charge is 2.00 e. The zero-order valence-electron chi connectivity index (χ0n) is 8.62. The smallest absolute Gasteiger partial charge is 0.358 e. The Kier molecular flexibility index (Phi) is 26.7. The van der Waals surface area contributed by atoms with Crippen LogP contribution in [0.3, 0.4) is 0 Å². The summed E-state index contributed by atoms with van der Waals surface area (Å²) in [6.07, 6.45) is 0. The molecule has 0 aromatic heterocycles. The van der Waals surface area contributed by atoms with Crippen LogP contribution in [0.1, 0.15) is 0 Å². The van der Waals surface area contributed by atoms with Crippen LogP contribution in [0, 0.1) is 14.9 Å². The molecule has 0 N–H and O–H groups in total. The molecule has 0 spiro atoms. The molecular formula is C8H22N2Ni. The zero-order valence-corrected chi connectivity index (χ0v) is 9.61. The van der Waals surface area contributed by atoms with Crippen LogP contribution in [-0.2, 0) is 16.5 Å². The fraction of sp³-hybridized carbons (Fsp3) is 0.750. The van der Waals surface area contributed by atoms with Crippen molar-refractivity contribution in [2.75, 3.05) is 41.3 Å². The molecule has 3 heteroatoms. The normalized spacial score (nSPS) is 8.18. The topological polar surface area (TPSA) is 6.48 Å². The maximum Gasteiger partial charge on any atom is 2.00 e. The van der Waals surface area contributed by atoms with Crippen LogP contribution < -0.4 is 0 Å². The monoisotopic (exact) mass is 204 g/mol. The average Bonchev–Trinajstić information content (AvgIpc) is 1.61. The Labute approximate surface area is 82.9 Å². The van der Waals surface area contributed by atoms with Crippen molar-refractivity contribution < 1.29 is 16.5 Å². The molecule has 0 aromatic carbocycles. The maximum atomic E-state index is 2.18. The average molecular weight is 205 g/mol. The summed E-state index contributed by atoms with van der Waals surface area (Å²) in [4.78, 5) is 4.36. The molecule has 2 nitrogen and oxygen atoms in total. The molecule has 0 saturated heterocycles. The maximum absolute atomic E-state index is 2.18. The van der Waals surface area contributed by atoms with Crippen LogP contribution in [0.5, 0.6) is 0 Å². The van der Waals surface area contributed by atoms with Crippen molar-refractivity contribution in [2.45, 2.75) is 0 Å². The minimum absolute atomic E-state index is 0. The molecule has 0 heterocycles. The summed E-state index contributed by atoms with van der Waals surface area (Å²) in [7, 11) is 8.35. The third-order valence-electron chi connectivity index (χ3n) is 0.994. The number of hydrogen-bond acceptors (Lipinski definition) is 2. The first kappa shape index (κ1) is 22.5. The fourth-order valence-corrected chi connectivity index (χ4v) is 0.400. The Morgan fingerprint density at radius 2 is 0.909 bits per heavy atom. The van der Waals surface area contributed by atoms with E-state index in [0.29, 0.717) is 0 Å². The summed E-state index contributed by atoms with van der Waals surface area (Å²) in [6, 6.07) is 0. The zero-order chi connectivity index (χ0) is 6.57. The Hall–Kier alpha value is 0.414. The van der Waals surface area contributed by atoms with Gasteiger partial charge in [0.25, 0.3) is 0 Å². The van der Waals surface area contributed by atoms with Gasteiger partial charge in [-0.3, -0.25) is 0 Å². The van der Waals surface area contributed by atoms with E-state index in [0.717, 1.165) is 13.1 Å². The molecule has 0 saturated carbocycles. The Morgan fingerprint density at radius 1 is 0.727 bits per heavy atom. The van der Waals surface area contributed by atoms with Crippen molar-refractivity contribution in [3.63, 3.8) is 0 Å². The molecule has 0 rings (SSSR count). The third-order valence-corrected chi connectivity index (χ3v) is 0.994. The van der Waals surface area contributed by atoms with Gasteiger partial charge in [-0.2, -0.15) is 0 Å². The molecule has 0 amide bonds. The summed E-state index contributed by atoms with van der Waals surface area (Å²) in [6.45, 7) is 2.29. The third kappa shape index (κ3) is 25.2. The van der Waals surface area contributed by atoms with E-state index in [2.05, 4.69) is 38.0 Å². The van der Waals surface area contributed by atoms with Crippen molar-refractivity contribution in [1.29, 1.82) is 0 Å². The molecule has 0 radical (unpaired) electrons. The van der Waals surface area contributed by atoms with E-state index in [4.69, 9.17) is 0 Å². The Bertz CT molecular complexity index is 48.1. The molecule has 0 aromatic rings. The van der Waals surface area contributed by atoms with Gasteiger partial charge in [0.15, 0.2) is 0 Å². The first-order valence-electron chi connectivity index (χ1n) is 2.92. The molecule has 11 heavy (non-hydrogen) atoms. The fourth-order valence-electron chi connectivity index (χ4n) is 0.400. The van der Waals surface area contributed by atoms with E-state index >= 15 is 0 Å². The second-order valence-corrected chi connectivity index (χ2v) is 2.61. The number of likely N-dealkylation sites (N-methyl/N-ethyl adjacent to an activating group) is 2. The predicted octanol–water partition coefficient (Wildman–Crippen LogP) is 1.01. The van der Waals surface area contributed by atoms with Gasteiger partial charge in [0, 0.05) is 13.1 Å². The summed E-state index contributed by atoms with van der Waals surface area (Å²) in [5.41, 5.74) is 0. The van der Waals surface area contributed by atoms with Gasteiger partial charge in [-0.25, -0.2) is 0 Å². The van der Waals surface area contributed by atoms with E-state index in [1.807, 2.05) is 0 Å². The van der Waals surface area contributed by atoms with Crippen molar-refractivity contribution in [3.8, 4) is 0 Å². The second kappa shape index (κ2) is 13.0. The van der Waals surface area contributed by atoms with E-state index in [-0.39, 0.29) is 31.3 Å². The molecule has 0 aliphatic heterocycles. The first-order chi connectivity index (χ1) is 3.63. The van der Waals surface area contributed by atoms with Crippen molar-refractivity contribution in [2.24, 2.45) is 0 Å². The number of nitrogens with zero attached hydrogens (tertiary/aromatic N) is 2. The molecule has 74 valence electrons. The molecule has 0 atom stereocenters. The van der Waals surface area contributed by atoms with Gasteiger partial charge in [0.2, 0.25) is 0 Å². The van der Waals surface area contributed by atoms with Gasteiger partial charge in [0.1, 0.15) is 0 Å². The summed E-state index contributed by atoms with van der Waals surface area (Å²) < 4.78 is 0. The van der Waals surface area contributed by atoms with E-state index in [1.165, 1.54) is 0 Å². The Balaban J connectivity index is -0.0000000817. The van der Waals surface area contributed by atoms with Crippen LogP contribution in [0.2, 0.25) is 0 Å². The predicted molar refractivity (Wildman–Crippen MR) is 49.9 cm³/mol. The number of rotatable bonds is 3. The van der Waals surface area contributed by atoms with Gasteiger partial charge in [-0.15, -0.1) is 0 Å². The van der Waals surface area contributed by atoms with Gasteiger partial charge in [-0.05, 0) is 28.2 Å². The standard InChI is InChI=1S/C6H16N2.2CH3.Ni/c1-7(2)5-6-8(3)4;;;/h5-6H2,1-4H3;2*1H3;/q;2*-1;+2. The van der Waals surface area contributed by atoms with E-state index in [9.17, 15) is 0 Å². The number of hydrogen-bond donors (Lipinski definition) is 0. The molecule has 0 aliphatic rings. The van der Waals surface area contributed by atoms with Crippen molar-refractivity contribution >= 4 is 0 Å². The molecular weight excluding hydrogens is 183 g/mol. The molecule has 0 aliphatic carbocycles. The minimum atomic E-state index is 0. The molecule has 0 unspecified atom stereocenters. The van der Waals surface area contributed by atoms with Gasteiger partial charge in [0.05, 0.1) is 0 Å². The van der Waals surface area contributed by atoms with Crippen LogP contribution in [0.25, 0.3) is 0 Å². The van der Waals surface area contributed by atoms with Crippen LogP contribution in [0.15, 0.2) is 0 Å². The van der Waals surface area contributed by atoms with E-state index in [1.54, 1.807) is 0 Å². The first-order valence-corrected chi connectivity index (χ1v) is 2.92. The SMILES string of the molecule is CN(C)CCN(C)C.[CH3-].[CH3-].[Ni+2]. The molecule has 0 bridgehead atoms. The summed E-state index contributed by atoms with van der Waals surface area (Å²) in [5.74, 6) is 0. The van der Waals surface area contributed by atoms with Gasteiger partial charge < -0.3 is 24.7 Å². The van der Waals surface area contributed by atoms with Crippen LogP contribution in [0.4, 0.5) is 0 Å². The van der Waals surface area contributed by atoms with Crippen LogP contribution >= 0.6 is 0 Å². The Morgan fingerprint density at radius 3 is 1.00 bits per heavy atom. The second-order valence-electron chi connectivity index (χ2n) is 2.61. The summed E-state index contributed by atoms with van der Waals surface area (Å²) >= 11 is 0. The van der Waals surface area contributed by atoms with E-state index < -0.39 is 0 Å². The van der Waals surface area contributed by atoms with Gasteiger partial charge >= 0.3 is 16.5 Å². The van der Waals surface area contributed by atoms with Crippen molar-refractivity contribution in [3.05, 3.63) is 14.9 Å². The quantitative estimate of drug-likeness (QED) is 0.501. The van der Waals surface area contributed by atoms with Crippen molar-refractivity contribution in [1.82, 2.24) is 9.80 Å². The summed E-state index contributed by atoms with van der Waals surface area (Å²) in [5, 5.41) is 0. The van der Waals surface area contributed by atoms with Crippen LogP contribution in [-0.4, -0.2) is 51.1 Å². The van der Waals surface area contributed by atoms with Gasteiger partial charge in [-0.1, -0.05) is 0 Å².